The van der Waals surface area contributed by atoms with Gasteiger partial charge in [-0.3, -0.25) is 4.90 Å². The summed E-state index contributed by atoms with van der Waals surface area (Å²) in [4.78, 5) is 9.38. The molecule has 136 valence electrons. The fourth-order valence-corrected chi connectivity index (χ4v) is 5.22. The summed E-state index contributed by atoms with van der Waals surface area (Å²) in [6, 6.07) is 0. The monoisotopic (exact) mass is 379 g/mol. The summed E-state index contributed by atoms with van der Waals surface area (Å²) in [5, 5.41) is 13.7. The minimum absolute atomic E-state index is 0.281. The standard InChI is InChI=1S/C17H25N5OS2/c1-12-18-15(9-24-12)8-23-7-14-4-5-21(3)17(6-14)10-22(11-17)16-20-19-13(2)25-16/h9,14H,4-8,10-11H2,1-3H3. The van der Waals surface area contributed by atoms with Gasteiger partial charge >= 0.3 is 0 Å². The molecule has 0 N–H and O–H groups in total. The van der Waals surface area contributed by atoms with Crippen LogP contribution in [-0.4, -0.2) is 58.9 Å². The highest BCUT2D eigenvalue weighted by atomic mass is 32.1. The van der Waals surface area contributed by atoms with Gasteiger partial charge < -0.3 is 9.64 Å². The smallest absolute Gasteiger partial charge is 0.208 e. The van der Waals surface area contributed by atoms with Crippen molar-refractivity contribution in [3.63, 3.8) is 0 Å². The van der Waals surface area contributed by atoms with Gasteiger partial charge in [0.25, 0.3) is 0 Å². The largest absolute Gasteiger partial charge is 0.375 e. The SMILES string of the molecule is Cc1nc(COCC2CCN(C)C3(C2)CN(c2nnc(C)s2)C3)cs1. The fourth-order valence-electron chi connectivity index (χ4n) is 3.94. The first kappa shape index (κ1) is 17.3. The Morgan fingerprint density at radius 1 is 1.28 bits per heavy atom. The number of hydrogen-bond acceptors (Lipinski definition) is 8. The van der Waals surface area contributed by atoms with E-state index in [-0.39, 0.29) is 5.54 Å². The summed E-state index contributed by atoms with van der Waals surface area (Å²) in [6.07, 6.45) is 2.42. The van der Waals surface area contributed by atoms with Gasteiger partial charge in [0, 0.05) is 18.5 Å². The van der Waals surface area contributed by atoms with Crippen molar-refractivity contribution in [2.45, 2.75) is 38.8 Å². The molecule has 0 bridgehead atoms. The predicted octanol–water partition coefficient (Wildman–Crippen LogP) is 2.73. The predicted molar refractivity (Wildman–Crippen MR) is 101 cm³/mol. The van der Waals surface area contributed by atoms with Crippen LogP contribution in [0.5, 0.6) is 0 Å². The molecule has 2 fully saturated rings. The molecule has 0 radical (unpaired) electrons. The van der Waals surface area contributed by atoms with E-state index >= 15 is 0 Å². The van der Waals surface area contributed by atoms with Crippen molar-refractivity contribution in [3.05, 3.63) is 21.1 Å². The molecule has 2 aliphatic rings. The van der Waals surface area contributed by atoms with Crippen LogP contribution < -0.4 is 4.90 Å². The number of aryl methyl sites for hydroxylation is 2. The van der Waals surface area contributed by atoms with Crippen molar-refractivity contribution in [2.75, 3.05) is 38.2 Å². The maximum absolute atomic E-state index is 5.98. The van der Waals surface area contributed by atoms with Crippen LogP contribution in [0.25, 0.3) is 0 Å². The number of likely N-dealkylation sites (N-methyl/N-ethyl adjacent to an activating group) is 1. The molecule has 0 aromatic carbocycles. The lowest BCUT2D eigenvalue weighted by molar-refractivity contribution is -0.0156. The van der Waals surface area contributed by atoms with Gasteiger partial charge in [-0.05, 0) is 46.2 Å². The Kier molecular flexibility index (Phi) is 4.79. The Morgan fingerprint density at radius 3 is 2.80 bits per heavy atom. The van der Waals surface area contributed by atoms with E-state index < -0.39 is 0 Å². The maximum Gasteiger partial charge on any atom is 0.208 e. The number of likely N-dealkylation sites (tertiary alicyclic amines) is 1. The second-order valence-corrected chi connectivity index (χ2v) is 9.56. The third-order valence-electron chi connectivity index (χ3n) is 5.38. The molecule has 2 aromatic rings. The average Bonchev–Trinajstić information content (AvgIpc) is 3.15. The van der Waals surface area contributed by atoms with Crippen molar-refractivity contribution in [1.29, 1.82) is 0 Å². The summed E-state index contributed by atoms with van der Waals surface area (Å²) < 4.78 is 5.98. The van der Waals surface area contributed by atoms with E-state index in [0.717, 1.165) is 47.1 Å². The van der Waals surface area contributed by atoms with Crippen LogP contribution >= 0.6 is 22.7 Å². The van der Waals surface area contributed by atoms with Crippen LogP contribution in [0, 0.1) is 19.8 Å². The van der Waals surface area contributed by atoms with Crippen molar-refractivity contribution < 1.29 is 4.74 Å². The van der Waals surface area contributed by atoms with Crippen molar-refractivity contribution >= 4 is 27.8 Å². The second kappa shape index (κ2) is 6.90. The highest BCUT2D eigenvalue weighted by Crippen LogP contribution is 2.41. The van der Waals surface area contributed by atoms with Crippen LogP contribution in [0.3, 0.4) is 0 Å². The second-order valence-electron chi connectivity index (χ2n) is 7.34. The first-order chi connectivity index (χ1) is 12.0. The Hall–Kier alpha value is -1.09. The van der Waals surface area contributed by atoms with Crippen molar-refractivity contribution in [1.82, 2.24) is 20.1 Å². The number of thiazole rings is 1. The molecule has 0 aliphatic carbocycles. The van der Waals surface area contributed by atoms with E-state index in [2.05, 4.69) is 37.4 Å². The first-order valence-electron chi connectivity index (χ1n) is 8.79. The van der Waals surface area contributed by atoms with E-state index in [9.17, 15) is 0 Å². The van der Waals surface area contributed by atoms with Crippen molar-refractivity contribution in [2.24, 2.45) is 5.92 Å². The zero-order valence-electron chi connectivity index (χ0n) is 15.1. The molecule has 8 heteroatoms. The molecule has 1 unspecified atom stereocenters. The number of rotatable bonds is 5. The summed E-state index contributed by atoms with van der Waals surface area (Å²) >= 11 is 3.38. The van der Waals surface area contributed by atoms with E-state index in [0.29, 0.717) is 12.5 Å². The van der Waals surface area contributed by atoms with E-state index in [4.69, 9.17) is 4.74 Å². The molecule has 6 nitrogen and oxygen atoms in total. The number of nitrogens with zero attached hydrogens (tertiary/aromatic N) is 5. The van der Waals surface area contributed by atoms with Gasteiger partial charge in [-0.15, -0.1) is 21.5 Å². The molecule has 2 aromatic heterocycles. The van der Waals surface area contributed by atoms with E-state index in [1.807, 2.05) is 13.8 Å². The molecule has 1 atom stereocenters. The fraction of sp³-hybridized carbons (Fsp3) is 0.706. The number of piperidine rings is 1. The Morgan fingerprint density at radius 2 is 2.12 bits per heavy atom. The Balaban J connectivity index is 1.30. The summed E-state index contributed by atoms with van der Waals surface area (Å²) in [7, 11) is 2.26. The molecule has 2 aliphatic heterocycles. The molecule has 4 rings (SSSR count). The van der Waals surface area contributed by atoms with Gasteiger partial charge in [0.15, 0.2) is 0 Å². The van der Waals surface area contributed by atoms with E-state index in [1.165, 1.54) is 12.8 Å². The number of anilines is 1. The molecule has 2 saturated heterocycles. The third-order valence-corrected chi connectivity index (χ3v) is 7.10. The molecular weight excluding hydrogens is 354 g/mol. The van der Waals surface area contributed by atoms with Gasteiger partial charge in [0.2, 0.25) is 5.13 Å². The first-order valence-corrected chi connectivity index (χ1v) is 10.5. The Bertz CT molecular complexity index is 724. The van der Waals surface area contributed by atoms with Gasteiger partial charge in [0.1, 0.15) is 5.01 Å². The number of hydrogen-bond donors (Lipinski definition) is 0. The van der Waals surface area contributed by atoms with Crippen LogP contribution in [0.1, 0.15) is 28.6 Å². The van der Waals surface area contributed by atoms with E-state index in [1.54, 1.807) is 22.7 Å². The summed E-state index contributed by atoms with van der Waals surface area (Å²) in [6.45, 7) is 8.79. The normalized spacial score (nSPS) is 23.2. The molecule has 25 heavy (non-hydrogen) atoms. The van der Waals surface area contributed by atoms with Gasteiger partial charge in [-0.25, -0.2) is 4.98 Å². The minimum Gasteiger partial charge on any atom is -0.375 e. The zero-order valence-corrected chi connectivity index (χ0v) is 16.7. The molecule has 4 heterocycles. The average molecular weight is 380 g/mol. The lowest BCUT2D eigenvalue weighted by atomic mass is 9.75. The molecule has 1 spiro atoms. The minimum atomic E-state index is 0.281. The van der Waals surface area contributed by atoms with Gasteiger partial charge in [-0.1, -0.05) is 11.3 Å². The summed E-state index contributed by atoms with van der Waals surface area (Å²) in [5.74, 6) is 0.634. The Labute approximate surface area is 156 Å². The summed E-state index contributed by atoms with van der Waals surface area (Å²) in [5.41, 5.74) is 1.34. The third kappa shape index (κ3) is 3.58. The quantitative estimate of drug-likeness (QED) is 0.796. The van der Waals surface area contributed by atoms with Crippen LogP contribution in [0.15, 0.2) is 5.38 Å². The topological polar surface area (TPSA) is 54.4 Å². The van der Waals surface area contributed by atoms with Crippen LogP contribution in [0.4, 0.5) is 5.13 Å². The van der Waals surface area contributed by atoms with Crippen LogP contribution in [0.2, 0.25) is 0 Å². The molecule has 0 saturated carbocycles. The van der Waals surface area contributed by atoms with Crippen molar-refractivity contribution in [3.8, 4) is 0 Å². The van der Waals surface area contributed by atoms with Gasteiger partial charge in [-0.2, -0.15) is 0 Å². The lowest BCUT2D eigenvalue weighted by Crippen LogP contribution is -2.72. The highest BCUT2D eigenvalue weighted by molar-refractivity contribution is 7.15. The number of aromatic nitrogens is 3. The highest BCUT2D eigenvalue weighted by Gasteiger charge is 2.50. The van der Waals surface area contributed by atoms with Gasteiger partial charge in [0.05, 0.1) is 29.5 Å². The van der Waals surface area contributed by atoms with Crippen LogP contribution in [-0.2, 0) is 11.3 Å². The number of ether oxygens (including phenoxy) is 1. The molecular formula is C17H25N5OS2. The maximum atomic E-state index is 5.98. The lowest BCUT2D eigenvalue weighted by Gasteiger charge is -2.58. The zero-order chi connectivity index (χ0) is 17.4. The molecule has 0 amide bonds.